The number of fused-ring (bicyclic) bond motifs is 1. The van der Waals surface area contributed by atoms with Gasteiger partial charge in [-0.1, -0.05) is 0 Å². The fourth-order valence-corrected chi connectivity index (χ4v) is 5.64. The summed E-state index contributed by atoms with van der Waals surface area (Å²) in [6.07, 6.45) is 2.71. The van der Waals surface area contributed by atoms with E-state index >= 15 is 0 Å². The molecule has 2 aromatic rings. The van der Waals surface area contributed by atoms with E-state index in [1.807, 2.05) is 4.57 Å². The van der Waals surface area contributed by atoms with Crippen LogP contribution in [0.1, 0.15) is 35.7 Å². The third-order valence-electron chi connectivity index (χ3n) is 6.18. The second-order valence-corrected chi connectivity index (χ2v) is 11.9. The third kappa shape index (κ3) is 3.89. The second kappa shape index (κ2) is 7.77. The van der Waals surface area contributed by atoms with E-state index in [0.717, 1.165) is 17.6 Å². The first-order valence-corrected chi connectivity index (χ1v) is 13.1. The zero-order chi connectivity index (χ0) is 22.7. The molecule has 1 fully saturated rings. The molecule has 6 nitrogen and oxygen atoms in total. The van der Waals surface area contributed by atoms with Crippen molar-refractivity contribution in [2.45, 2.75) is 37.1 Å². The minimum absolute atomic E-state index is 0.0172. The van der Waals surface area contributed by atoms with Crippen molar-refractivity contribution in [2.75, 3.05) is 18.6 Å². The maximum absolute atomic E-state index is 14.7. The number of hydrogen-bond donors (Lipinski definition) is 1. The average Bonchev–Trinajstić information content (AvgIpc) is 3.31. The number of hydrogen-bond acceptors (Lipinski definition) is 4. The Morgan fingerprint density at radius 3 is 2.65 bits per heavy atom. The summed E-state index contributed by atoms with van der Waals surface area (Å²) in [6, 6.07) is 2.58. The Morgan fingerprint density at radius 1 is 1.35 bits per heavy atom. The van der Waals surface area contributed by atoms with Crippen LogP contribution in [0.2, 0.25) is 0 Å². The summed E-state index contributed by atoms with van der Waals surface area (Å²) in [7, 11) is -1.39. The molecular weight excluding hydrogens is 512 g/mol. The van der Waals surface area contributed by atoms with Gasteiger partial charge in [0, 0.05) is 43.6 Å². The standard InChI is InChI=1S/C20H22BrF2N3O3S2/c1-25-17(20(5-6-20)18(27)24-7-8-31(2,28)29)14-9-11(10-26(14)19(25)30)15-13(22)4-3-12(21)16(15)23/h3-4,11H,5-10H2,1-2H3,(H,24,27)/t11-/m1/s1. The van der Waals surface area contributed by atoms with E-state index in [1.165, 1.54) is 12.1 Å². The summed E-state index contributed by atoms with van der Waals surface area (Å²) < 4.78 is 56.3. The Labute approximate surface area is 192 Å². The van der Waals surface area contributed by atoms with Crippen LogP contribution in [0.25, 0.3) is 0 Å². The first kappa shape index (κ1) is 22.6. The van der Waals surface area contributed by atoms with E-state index < -0.39 is 32.8 Å². The van der Waals surface area contributed by atoms with Gasteiger partial charge in [-0.05, 0) is 59.5 Å². The van der Waals surface area contributed by atoms with E-state index in [0.29, 0.717) is 30.6 Å². The number of aromatic nitrogens is 2. The van der Waals surface area contributed by atoms with Crippen LogP contribution in [0.15, 0.2) is 16.6 Å². The molecular formula is C20H22BrF2N3O3S2. The fourth-order valence-electron chi connectivity index (χ4n) is 4.55. The van der Waals surface area contributed by atoms with Crippen LogP contribution < -0.4 is 5.32 Å². The Bertz CT molecular complexity index is 1250. The minimum Gasteiger partial charge on any atom is -0.354 e. The molecule has 0 bridgehead atoms. The molecule has 0 unspecified atom stereocenters. The third-order valence-corrected chi connectivity index (χ3v) is 8.23. The number of carbonyl (C=O) groups is 1. The first-order chi connectivity index (χ1) is 14.5. The van der Waals surface area contributed by atoms with Gasteiger partial charge in [0.05, 0.1) is 21.3 Å². The van der Waals surface area contributed by atoms with Crippen LogP contribution in [-0.2, 0) is 40.1 Å². The molecule has 1 atom stereocenters. The van der Waals surface area contributed by atoms with Gasteiger partial charge < -0.3 is 14.5 Å². The molecule has 0 saturated heterocycles. The smallest absolute Gasteiger partial charge is 0.232 e. The molecule has 1 aromatic carbocycles. The molecule has 1 N–H and O–H groups in total. The highest BCUT2D eigenvalue weighted by molar-refractivity contribution is 9.10. The first-order valence-electron chi connectivity index (χ1n) is 9.84. The minimum atomic E-state index is -3.19. The van der Waals surface area contributed by atoms with Gasteiger partial charge in [-0.2, -0.15) is 0 Å². The summed E-state index contributed by atoms with van der Waals surface area (Å²) in [5.41, 5.74) is 0.798. The van der Waals surface area contributed by atoms with E-state index in [4.69, 9.17) is 12.2 Å². The molecule has 2 aliphatic rings. The fraction of sp³-hybridized carbons (Fsp3) is 0.500. The molecule has 4 rings (SSSR count). The molecule has 168 valence electrons. The zero-order valence-electron chi connectivity index (χ0n) is 17.0. The van der Waals surface area contributed by atoms with Crippen molar-refractivity contribution in [3.05, 3.63) is 50.0 Å². The Morgan fingerprint density at radius 2 is 2.03 bits per heavy atom. The Kier molecular flexibility index (Phi) is 5.66. The van der Waals surface area contributed by atoms with Crippen LogP contribution in [0.5, 0.6) is 0 Å². The van der Waals surface area contributed by atoms with E-state index in [1.54, 1.807) is 11.6 Å². The molecule has 1 aliphatic carbocycles. The van der Waals surface area contributed by atoms with Crippen molar-refractivity contribution in [3.63, 3.8) is 0 Å². The van der Waals surface area contributed by atoms with Gasteiger partial charge in [-0.15, -0.1) is 0 Å². The van der Waals surface area contributed by atoms with Crippen molar-refractivity contribution in [1.29, 1.82) is 0 Å². The largest absolute Gasteiger partial charge is 0.354 e. The lowest BCUT2D eigenvalue weighted by Gasteiger charge is -2.19. The van der Waals surface area contributed by atoms with Crippen LogP contribution in [0.4, 0.5) is 8.78 Å². The Balaban J connectivity index is 1.66. The maximum Gasteiger partial charge on any atom is 0.232 e. The summed E-state index contributed by atoms with van der Waals surface area (Å²) in [5, 5.41) is 2.74. The molecule has 31 heavy (non-hydrogen) atoms. The molecule has 1 aromatic heterocycles. The summed E-state index contributed by atoms with van der Waals surface area (Å²) in [6.45, 7) is 0.370. The second-order valence-electron chi connectivity index (χ2n) is 8.37. The van der Waals surface area contributed by atoms with E-state index in [-0.39, 0.29) is 28.2 Å². The highest BCUT2D eigenvalue weighted by atomic mass is 79.9. The van der Waals surface area contributed by atoms with Gasteiger partial charge in [0.1, 0.15) is 21.5 Å². The molecule has 0 radical (unpaired) electrons. The molecule has 1 aliphatic heterocycles. The van der Waals surface area contributed by atoms with Crippen LogP contribution >= 0.6 is 28.1 Å². The molecule has 1 saturated carbocycles. The Hall–Kier alpha value is -1.59. The lowest BCUT2D eigenvalue weighted by molar-refractivity contribution is -0.123. The van der Waals surface area contributed by atoms with Crippen LogP contribution in [0.3, 0.4) is 0 Å². The van der Waals surface area contributed by atoms with Gasteiger partial charge in [-0.25, -0.2) is 17.2 Å². The quantitative estimate of drug-likeness (QED) is 0.457. The highest BCUT2D eigenvalue weighted by Gasteiger charge is 2.55. The number of amides is 1. The normalized spacial score (nSPS) is 19.3. The van der Waals surface area contributed by atoms with Crippen molar-refractivity contribution in [2.24, 2.45) is 7.05 Å². The van der Waals surface area contributed by atoms with Crippen molar-refractivity contribution < 1.29 is 22.0 Å². The summed E-state index contributed by atoms with van der Waals surface area (Å²) in [5.74, 6) is -2.03. The molecule has 11 heteroatoms. The zero-order valence-corrected chi connectivity index (χ0v) is 20.3. The summed E-state index contributed by atoms with van der Waals surface area (Å²) >= 11 is 8.70. The molecule has 0 spiro atoms. The maximum atomic E-state index is 14.7. The molecule has 2 heterocycles. The van der Waals surface area contributed by atoms with Crippen molar-refractivity contribution in [1.82, 2.24) is 14.5 Å². The monoisotopic (exact) mass is 533 g/mol. The number of benzene rings is 1. The lowest BCUT2D eigenvalue weighted by Crippen LogP contribution is -2.38. The number of halogens is 3. The number of rotatable bonds is 6. The van der Waals surface area contributed by atoms with Gasteiger partial charge >= 0.3 is 0 Å². The lowest BCUT2D eigenvalue weighted by atomic mass is 9.92. The van der Waals surface area contributed by atoms with Crippen LogP contribution in [0, 0.1) is 16.4 Å². The predicted octanol–water partition coefficient (Wildman–Crippen LogP) is 3.13. The van der Waals surface area contributed by atoms with E-state index in [9.17, 15) is 22.0 Å². The van der Waals surface area contributed by atoms with Gasteiger partial charge in [-0.3, -0.25) is 4.79 Å². The topological polar surface area (TPSA) is 73.1 Å². The summed E-state index contributed by atoms with van der Waals surface area (Å²) in [4.78, 5) is 13.0. The number of sulfone groups is 1. The SMILES string of the molecule is Cn1c(C2(C(=O)NCCS(C)(=O)=O)CC2)c2n(c1=S)C[C@H](c1c(F)ccc(Br)c1F)C2. The van der Waals surface area contributed by atoms with E-state index in [2.05, 4.69) is 21.2 Å². The number of carbonyl (C=O) groups excluding carboxylic acids is 1. The highest BCUT2D eigenvalue weighted by Crippen LogP contribution is 2.52. The number of nitrogens with zero attached hydrogens (tertiary/aromatic N) is 2. The van der Waals surface area contributed by atoms with Gasteiger partial charge in [0.15, 0.2) is 4.77 Å². The average molecular weight is 534 g/mol. The predicted molar refractivity (Wildman–Crippen MR) is 118 cm³/mol. The number of nitrogens with one attached hydrogen (secondary N) is 1. The van der Waals surface area contributed by atoms with Crippen LogP contribution in [-0.4, -0.2) is 42.0 Å². The number of imidazole rings is 1. The van der Waals surface area contributed by atoms with Gasteiger partial charge in [0.2, 0.25) is 5.91 Å². The van der Waals surface area contributed by atoms with Crippen molar-refractivity contribution in [3.8, 4) is 0 Å². The molecule has 1 amide bonds. The van der Waals surface area contributed by atoms with Crippen molar-refractivity contribution >= 4 is 43.9 Å². The van der Waals surface area contributed by atoms with Gasteiger partial charge in [0.25, 0.3) is 0 Å².